The van der Waals surface area contributed by atoms with E-state index < -0.39 is 35.0 Å². The fourth-order valence-corrected chi connectivity index (χ4v) is 6.15. The van der Waals surface area contributed by atoms with E-state index in [1.54, 1.807) is 19.9 Å². The number of benzene rings is 1. The number of amides is 1. The van der Waals surface area contributed by atoms with Crippen molar-refractivity contribution in [3.05, 3.63) is 35.0 Å². The minimum absolute atomic E-state index is 0.0329. The molecule has 1 saturated carbocycles. The van der Waals surface area contributed by atoms with Crippen molar-refractivity contribution in [3.63, 3.8) is 0 Å². The highest BCUT2D eigenvalue weighted by Crippen LogP contribution is 2.36. The number of nitrogens with zero attached hydrogens (tertiary/aromatic N) is 2. The van der Waals surface area contributed by atoms with Crippen LogP contribution >= 0.6 is 0 Å². The molecule has 1 aromatic heterocycles. The summed E-state index contributed by atoms with van der Waals surface area (Å²) < 4.78 is 93.8. The predicted molar refractivity (Wildman–Crippen MR) is 137 cm³/mol. The zero-order valence-electron chi connectivity index (χ0n) is 22.2. The topological polar surface area (TPSA) is 90.3 Å². The quantitative estimate of drug-likeness (QED) is 0.345. The van der Waals surface area contributed by atoms with Gasteiger partial charge in [-0.25, -0.2) is 8.42 Å². The average Bonchev–Trinajstić information content (AvgIpc) is 3.17. The van der Waals surface area contributed by atoms with Crippen LogP contribution in [0, 0.1) is 12.8 Å². The average molecular weight is 580 g/mol. The van der Waals surface area contributed by atoms with Gasteiger partial charge in [-0.3, -0.25) is 9.48 Å². The molecule has 0 radical (unpaired) electrons. The van der Waals surface area contributed by atoms with E-state index in [4.69, 9.17) is 4.74 Å². The molecule has 1 N–H and O–H groups in total. The lowest BCUT2D eigenvalue weighted by Crippen LogP contribution is -2.34. The summed E-state index contributed by atoms with van der Waals surface area (Å²) in [5.41, 5.74) is 1.63. The Labute approximate surface area is 225 Å². The number of alkyl halides is 5. The van der Waals surface area contributed by atoms with E-state index in [9.17, 15) is 35.2 Å². The van der Waals surface area contributed by atoms with Crippen LogP contribution in [0.25, 0.3) is 11.3 Å². The van der Waals surface area contributed by atoms with Crippen molar-refractivity contribution in [2.75, 3.05) is 12.8 Å². The van der Waals surface area contributed by atoms with Crippen molar-refractivity contribution >= 4 is 15.7 Å². The second kappa shape index (κ2) is 12.6. The van der Waals surface area contributed by atoms with E-state index in [0.717, 1.165) is 0 Å². The number of carbonyl (C=O) groups is 1. The van der Waals surface area contributed by atoms with Crippen LogP contribution in [0.4, 0.5) is 22.0 Å². The Hall–Kier alpha value is -2.70. The van der Waals surface area contributed by atoms with Crippen molar-refractivity contribution in [1.82, 2.24) is 15.1 Å². The molecule has 0 spiro atoms. The minimum atomic E-state index is -4.31. The first kappa shape index (κ1) is 30.8. The maximum absolute atomic E-state index is 13.2. The van der Waals surface area contributed by atoms with E-state index in [-0.39, 0.29) is 41.0 Å². The second-order valence-electron chi connectivity index (χ2n) is 10.00. The summed E-state index contributed by atoms with van der Waals surface area (Å²) in [6, 6.07) is 4.36. The summed E-state index contributed by atoms with van der Waals surface area (Å²) >= 11 is 0. The Kier molecular flexibility index (Phi) is 10.0. The van der Waals surface area contributed by atoms with Gasteiger partial charge in [0.15, 0.2) is 5.69 Å². The van der Waals surface area contributed by atoms with Gasteiger partial charge < -0.3 is 10.1 Å². The molecule has 0 atom stereocenters. The number of sulfone groups is 1. The van der Waals surface area contributed by atoms with Crippen LogP contribution < -0.4 is 10.1 Å². The predicted octanol–water partition coefficient (Wildman–Crippen LogP) is 5.70. The number of rotatable bonds is 11. The highest BCUT2D eigenvalue weighted by Gasteiger charge is 2.29. The third-order valence-corrected chi connectivity index (χ3v) is 8.78. The molecule has 1 aromatic carbocycles. The number of hydrogen-bond donors (Lipinski definition) is 1. The molecular weight excluding hydrogens is 545 g/mol. The van der Waals surface area contributed by atoms with Gasteiger partial charge in [0.05, 0.1) is 10.9 Å². The van der Waals surface area contributed by atoms with Crippen LogP contribution in [0.15, 0.2) is 18.2 Å². The van der Waals surface area contributed by atoms with Gasteiger partial charge in [0.25, 0.3) is 5.91 Å². The molecule has 1 fully saturated rings. The molecule has 1 aliphatic rings. The molecule has 2 aromatic rings. The maximum atomic E-state index is 13.2. The summed E-state index contributed by atoms with van der Waals surface area (Å²) in [6.45, 7) is 0.935. The van der Waals surface area contributed by atoms with Gasteiger partial charge >= 0.3 is 12.8 Å². The van der Waals surface area contributed by atoms with Crippen molar-refractivity contribution in [2.45, 2.75) is 83.4 Å². The molecule has 1 heterocycles. The summed E-state index contributed by atoms with van der Waals surface area (Å²) in [6.07, 6.45) is -1.76. The lowest BCUT2D eigenvalue weighted by molar-refractivity contribution is -0.135. The highest BCUT2D eigenvalue weighted by atomic mass is 32.2. The van der Waals surface area contributed by atoms with Gasteiger partial charge in [0, 0.05) is 36.9 Å². The Morgan fingerprint density at radius 3 is 2.44 bits per heavy atom. The standard InChI is InChI=1S/C26H34F5N3O4S/c1-4-34-23(20-12-9-17(6-5-13-26(29,30)31)14-21(20)38-25(27)28)16(2)22(33-34)24(35)32-15-18-7-10-19(11-8-18)39(3,36)37/h9,12,14,18-19,25H,4-8,10-11,13,15H2,1-3H3,(H,32,35)/t18-,19-. The Morgan fingerprint density at radius 2 is 1.87 bits per heavy atom. The number of ether oxygens (including phenoxy) is 1. The molecule has 3 rings (SSSR count). The van der Waals surface area contributed by atoms with Crippen LogP contribution in [0.1, 0.15) is 67.1 Å². The van der Waals surface area contributed by atoms with E-state index >= 15 is 0 Å². The zero-order valence-corrected chi connectivity index (χ0v) is 23.0. The van der Waals surface area contributed by atoms with Crippen molar-refractivity contribution in [2.24, 2.45) is 5.92 Å². The zero-order chi connectivity index (χ0) is 29.0. The molecule has 39 heavy (non-hydrogen) atoms. The first-order valence-electron chi connectivity index (χ1n) is 12.9. The Bertz CT molecular complexity index is 1250. The van der Waals surface area contributed by atoms with Gasteiger partial charge in [0.2, 0.25) is 0 Å². The van der Waals surface area contributed by atoms with Crippen LogP contribution in [0.5, 0.6) is 5.75 Å². The summed E-state index contributed by atoms with van der Waals surface area (Å²) in [5.74, 6) is -0.510. The lowest BCUT2D eigenvalue weighted by atomic mass is 9.89. The van der Waals surface area contributed by atoms with Crippen molar-refractivity contribution in [1.29, 1.82) is 0 Å². The number of carbonyl (C=O) groups excluding carboxylic acids is 1. The van der Waals surface area contributed by atoms with Crippen LogP contribution in [-0.2, 0) is 22.8 Å². The van der Waals surface area contributed by atoms with Crippen molar-refractivity contribution < 1.29 is 39.9 Å². The Balaban J connectivity index is 1.79. The fourth-order valence-electron chi connectivity index (χ4n) is 5.03. The third kappa shape index (κ3) is 8.39. The van der Waals surface area contributed by atoms with Gasteiger partial charge in [0.1, 0.15) is 15.6 Å². The van der Waals surface area contributed by atoms with E-state index in [2.05, 4.69) is 10.4 Å². The molecule has 0 unspecified atom stereocenters. The SMILES string of the molecule is CCn1nc(C(=O)NC[C@H]2CC[C@H](S(C)(=O)=O)CC2)c(C)c1-c1ccc(CCCC(F)(F)F)cc1OC(F)F. The molecule has 1 aliphatic carbocycles. The number of hydrogen-bond acceptors (Lipinski definition) is 5. The lowest BCUT2D eigenvalue weighted by Gasteiger charge is -2.27. The largest absolute Gasteiger partial charge is 0.434 e. The summed E-state index contributed by atoms with van der Waals surface area (Å²) in [4.78, 5) is 13.0. The fraction of sp³-hybridized carbons (Fsp3) is 0.615. The Morgan fingerprint density at radius 1 is 1.21 bits per heavy atom. The molecular formula is C26H34F5N3O4S. The first-order chi connectivity index (χ1) is 18.2. The van der Waals surface area contributed by atoms with E-state index in [1.807, 2.05) is 0 Å². The molecule has 1 amide bonds. The highest BCUT2D eigenvalue weighted by molar-refractivity contribution is 7.91. The molecule has 0 bridgehead atoms. The first-order valence-corrected chi connectivity index (χ1v) is 14.8. The number of aromatic nitrogens is 2. The number of halogens is 5. The molecule has 218 valence electrons. The van der Waals surface area contributed by atoms with Crippen molar-refractivity contribution in [3.8, 4) is 17.0 Å². The number of aryl methyl sites for hydroxylation is 2. The van der Waals surface area contributed by atoms with Gasteiger partial charge in [-0.2, -0.15) is 27.1 Å². The van der Waals surface area contributed by atoms with Gasteiger partial charge in [-0.05, 0) is 76.0 Å². The van der Waals surface area contributed by atoms with Crippen LogP contribution in [-0.4, -0.2) is 54.9 Å². The minimum Gasteiger partial charge on any atom is -0.434 e. The van der Waals surface area contributed by atoms with E-state index in [1.165, 1.54) is 23.1 Å². The van der Waals surface area contributed by atoms with Gasteiger partial charge in [-0.15, -0.1) is 0 Å². The normalized spacial score (nSPS) is 18.4. The maximum Gasteiger partial charge on any atom is 0.389 e. The molecule has 0 aliphatic heterocycles. The molecule has 13 heteroatoms. The number of nitrogens with one attached hydrogen (secondary N) is 1. The second-order valence-corrected chi connectivity index (χ2v) is 12.3. The summed E-state index contributed by atoms with van der Waals surface area (Å²) in [7, 11) is -3.09. The summed E-state index contributed by atoms with van der Waals surface area (Å²) in [5, 5.41) is 6.90. The third-order valence-electron chi connectivity index (χ3n) is 7.10. The monoisotopic (exact) mass is 579 g/mol. The molecule has 7 nitrogen and oxygen atoms in total. The van der Waals surface area contributed by atoms with E-state index in [0.29, 0.717) is 55.6 Å². The van der Waals surface area contributed by atoms with Crippen LogP contribution in [0.3, 0.4) is 0 Å². The smallest absolute Gasteiger partial charge is 0.389 e. The molecule has 0 saturated heterocycles. The van der Waals surface area contributed by atoms with Crippen LogP contribution in [0.2, 0.25) is 0 Å². The van der Waals surface area contributed by atoms with Gasteiger partial charge in [-0.1, -0.05) is 6.07 Å².